The highest BCUT2D eigenvalue weighted by molar-refractivity contribution is 7.47. The van der Waals surface area contributed by atoms with Crippen molar-refractivity contribution in [2.75, 3.05) is 39.6 Å². The van der Waals surface area contributed by atoms with E-state index in [0.29, 0.717) is 19.3 Å². The fourth-order valence-electron chi connectivity index (χ4n) is 5.56. The SMILES string of the molecule is CC/C=C\C/C=C\C/C=C\C/C=C\C/C=C\C/C=C\CCCCC(=O)OCC(O)COP(=O)(O)OCC(O)COP(=O)(O)OCC(O)COC(=O)CCC/C=C\C/C=C\C/C=C\C/C=C\CCCCC. The average Bonchev–Trinajstić information content (AvgIpc) is 3.34. The molecular weight excluding hydrogens is 939 g/mol. The topological polar surface area (TPSA) is 225 Å². The Kier molecular flexibility index (Phi) is 45.3. The van der Waals surface area contributed by atoms with Gasteiger partial charge in [0.2, 0.25) is 0 Å². The van der Waals surface area contributed by atoms with Gasteiger partial charge < -0.3 is 34.6 Å². The second kappa shape index (κ2) is 47.7. The summed E-state index contributed by atoms with van der Waals surface area (Å²) < 4.78 is 52.9. The molecule has 0 aliphatic heterocycles. The van der Waals surface area contributed by atoms with Gasteiger partial charge in [0.25, 0.3) is 0 Å². The number of ether oxygens (including phenoxy) is 2. The van der Waals surface area contributed by atoms with Gasteiger partial charge >= 0.3 is 27.6 Å². The molecule has 0 aromatic heterocycles. The minimum Gasteiger partial charge on any atom is -0.463 e. The Morgan fingerprint density at radius 3 is 0.986 bits per heavy atom. The van der Waals surface area contributed by atoms with E-state index in [4.69, 9.17) is 9.47 Å². The van der Waals surface area contributed by atoms with Crippen molar-refractivity contribution in [2.24, 2.45) is 0 Å². The lowest BCUT2D eigenvalue weighted by Gasteiger charge is -2.19. The maximum Gasteiger partial charge on any atom is 0.472 e. The third-order valence-corrected chi connectivity index (χ3v) is 11.3. The van der Waals surface area contributed by atoms with E-state index < -0.39 is 85.5 Å². The number of phosphoric ester groups is 2. The molecule has 5 N–H and O–H groups in total. The smallest absolute Gasteiger partial charge is 0.463 e. The van der Waals surface area contributed by atoms with Gasteiger partial charge in [-0.15, -0.1) is 0 Å². The molecule has 0 aromatic rings. The van der Waals surface area contributed by atoms with Gasteiger partial charge in [0.15, 0.2) is 0 Å². The third kappa shape index (κ3) is 49.4. The van der Waals surface area contributed by atoms with Crippen LogP contribution in [0, 0.1) is 0 Å². The second-order valence-corrected chi connectivity index (χ2v) is 19.0. The van der Waals surface area contributed by atoms with E-state index in [2.05, 4.69) is 141 Å². The molecule has 0 bridgehead atoms. The monoisotopic (exact) mass is 1020 g/mol. The summed E-state index contributed by atoms with van der Waals surface area (Å²) in [4.78, 5) is 43.8. The first-order valence-electron chi connectivity index (χ1n) is 24.9. The van der Waals surface area contributed by atoms with Crippen LogP contribution < -0.4 is 0 Å². The van der Waals surface area contributed by atoms with Crippen LogP contribution in [0.3, 0.4) is 0 Å². The van der Waals surface area contributed by atoms with Gasteiger partial charge in [0.1, 0.15) is 31.5 Å². The Bertz CT molecular complexity index is 1710. The molecule has 70 heavy (non-hydrogen) atoms. The van der Waals surface area contributed by atoms with Crippen LogP contribution in [-0.2, 0) is 46.3 Å². The molecule has 398 valence electrons. The number of hydrogen-bond donors (Lipinski definition) is 5. The normalized spacial score (nSPS) is 15.9. The molecule has 15 nitrogen and oxygen atoms in total. The zero-order valence-corrected chi connectivity index (χ0v) is 43.7. The maximum absolute atomic E-state index is 12.2. The summed E-state index contributed by atoms with van der Waals surface area (Å²) in [5.74, 6) is -1.10. The summed E-state index contributed by atoms with van der Waals surface area (Å²) >= 11 is 0. The lowest BCUT2D eigenvalue weighted by molar-refractivity contribution is -0.148. The molecular formula is C53H86O15P2. The Morgan fingerprint density at radius 2 is 0.657 bits per heavy atom. The maximum atomic E-state index is 12.2. The van der Waals surface area contributed by atoms with Gasteiger partial charge in [-0.05, 0) is 103 Å². The summed E-state index contributed by atoms with van der Waals surface area (Å²) in [6.07, 6.45) is 54.8. The lowest BCUT2D eigenvalue weighted by atomic mass is 10.2. The van der Waals surface area contributed by atoms with Crippen molar-refractivity contribution >= 4 is 27.6 Å². The zero-order valence-electron chi connectivity index (χ0n) is 41.9. The Hall–Kier alpha value is -3.56. The van der Waals surface area contributed by atoms with E-state index in [9.17, 15) is 43.8 Å². The van der Waals surface area contributed by atoms with Crippen molar-refractivity contribution in [3.8, 4) is 0 Å². The molecule has 0 radical (unpaired) electrons. The molecule has 0 rings (SSSR count). The van der Waals surface area contributed by atoms with Crippen molar-refractivity contribution in [2.45, 2.75) is 161 Å². The molecule has 0 amide bonds. The second-order valence-electron chi connectivity index (χ2n) is 16.1. The fourth-order valence-corrected chi connectivity index (χ4v) is 7.15. The van der Waals surface area contributed by atoms with E-state index in [0.717, 1.165) is 77.0 Å². The number of carbonyl (C=O) groups excluding carboxylic acids is 2. The number of carbonyl (C=O) groups is 2. The van der Waals surface area contributed by atoms with Crippen LogP contribution in [0.1, 0.15) is 142 Å². The average molecular weight is 1030 g/mol. The molecule has 0 fully saturated rings. The van der Waals surface area contributed by atoms with Crippen LogP contribution in [0.2, 0.25) is 0 Å². The Morgan fingerprint density at radius 1 is 0.386 bits per heavy atom. The predicted octanol–water partition coefficient (Wildman–Crippen LogP) is 11.8. The minimum absolute atomic E-state index is 0.114. The van der Waals surface area contributed by atoms with Crippen LogP contribution in [0.25, 0.3) is 0 Å². The number of aliphatic hydroxyl groups is 3. The lowest BCUT2D eigenvalue weighted by Crippen LogP contribution is -2.25. The van der Waals surface area contributed by atoms with Crippen LogP contribution in [0.5, 0.6) is 0 Å². The van der Waals surface area contributed by atoms with Crippen molar-refractivity contribution in [3.63, 3.8) is 0 Å². The van der Waals surface area contributed by atoms with Gasteiger partial charge in [-0.3, -0.25) is 27.7 Å². The van der Waals surface area contributed by atoms with E-state index in [1.165, 1.54) is 19.3 Å². The Balaban J connectivity index is 4.00. The minimum atomic E-state index is -4.81. The van der Waals surface area contributed by atoms with Gasteiger partial charge in [0, 0.05) is 12.8 Å². The number of esters is 2. The number of hydrogen-bond acceptors (Lipinski definition) is 13. The quantitative estimate of drug-likeness (QED) is 0.0165. The highest BCUT2D eigenvalue weighted by Gasteiger charge is 2.28. The summed E-state index contributed by atoms with van der Waals surface area (Å²) in [6.45, 7) is 0.125. The molecule has 0 aliphatic carbocycles. The molecule has 0 aliphatic rings. The van der Waals surface area contributed by atoms with E-state index in [-0.39, 0.29) is 12.8 Å². The zero-order chi connectivity index (χ0) is 51.7. The van der Waals surface area contributed by atoms with Crippen LogP contribution in [0.15, 0.2) is 122 Å². The van der Waals surface area contributed by atoms with E-state index in [1.807, 2.05) is 12.2 Å². The standard InChI is InChI=1S/C53H86O15P2/c1-3-5-7-9-11-13-15-17-19-21-22-23-24-26-28-30-32-34-36-38-40-42-53(58)64-44-50(55)46-66-70(61,62)68-48-51(56)47-67-69(59,60)65-45-49(54)43-63-52(57)41-39-37-35-33-31-29-27-25-20-18-16-14-12-10-8-6-4-2/h5,7,11-14,17-20,22-23,26-29,32-35,49-51,54-56H,3-4,6,8-10,15-16,21,24-25,30-31,36-48H2,1-2H3,(H,59,60)(H,61,62)/b7-5-,13-11-,14-12-,19-17-,20-18-,23-22-,28-26-,29-27-,34-32-,35-33-. The van der Waals surface area contributed by atoms with Crippen LogP contribution in [-0.4, -0.2) is 95.0 Å². The van der Waals surface area contributed by atoms with Crippen LogP contribution >= 0.6 is 15.6 Å². The highest BCUT2D eigenvalue weighted by Crippen LogP contribution is 2.45. The third-order valence-electron chi connectivity index (χ3n) is 9.40. The number of allylic oxidation sites excluding steroid dienone is 20. The molecule has 0 heterocycles. The number of unbranched alkanes of at least 4 members (excludes halogenated alkanes) is 6. The summed E-state index contributed by atoms with van der Waals surface area (Å²) in [6, 6.07) is 0. The molecule has 0 saturated carbocycles. The summed E-state index contributed by atoms with van der Waals surface area (Å²) in [5, 5.41) is 30.0. The first-order chi connectivity index (χ1) is 33.8. The number of phosphoric acid groups is 2. The molecule has 5 atom stereocenters. The Labute approximate surface area is 419 Å². The van der Waals surface area contributed by atoms with E-state index >= 15 is 0 Å². The summed E-state index contributed by atoms with van der Waals surface area (Å²) in [7, 11) is -9.62. The number of aliphatic hydroxyl groups excluding tert-OH is 3. The fraction of sp³-hybridized carbons (Fsp3) is 0.585. The number of rotatable bonds is 46. The van der Waals surface area contributed by atoms with Crippen LogP contribution in [0.4, 0.5) is 0 Å². The molecule has 0 saturated heterocycles. The van der Waals surface area contributed by atoms with Crippen molar-refractivity contribution in [3.05, 3.63) is 122 Å². The van der Waals surface area contributed by atoms with Gasteiger partial charge in [-0.1, -0.05) is 148 Å². The molecule has 17 heteroatoms. The molecule has 5 unspecified atom stereocenters. The van der Waals surface area contributed by atoms with Crippen molar-refractivity contribution in [1.82, 2.24) is 0 Å². The van der Waals surface area contributed by atoms with Crippen molar-refractivity contribution < 1.29 is 71.4 Å². The predicted molar refractivity (Wildman–Crippen MR) is 278 cm³/mol. The van der Waals surface area contributed by atoms with Gasteiger partial charge in [-0.2, -0.15) is 0 Å². The first-order valence-corrected chi connectivity index (χ1v) is 27.9. The first kappa shape index (κ1) is 66.4. The largest absolute Gasteiger partial charge is 0.472 e. The van der Waals surface area contributed by atoms with Crippen molar-refractivity contribution in [1.29, 1.82) is 0 Å². The van der Waals surface area contributed by atoms with Gasteiger partial charge in [0.05, 0.1) is 26.4 Å². The van der Waals surface area contributed by atoms with Gasteiger partial charge in [-0.25, -0.2) is 9.13 Å². The van der Waals surface area contributed by atoms with E-state index in [1.54, 1.807) is 0 Å². The molecule has 0 spiro atoms. The highest BCUT2D eigenvalue weighted by atomic mass is 31.2. The summed E-state index contributed by atoms with van der Waals surface area (Å²) in [5.41, 5.74) is 0. The molecule has 0 aromatic carbocycles.